The van der Waals surface area contributed by atoms with Crippen LogP contribution in [0.15, 0.2) is 42.5 Å². The van der Waals surface area contributed by atoms with Gasteiger partial charge >= 0.3 is 0 Å². The molecule has 0 saturated heterocycles. The van der Waals surface area contributed by atoms with Crippen LogP contribution in [-0.2, 0) is 14.8 Å². The Morgan fingerprint density at radius 2 is 1.79 bits per heavy atom. The van der Waals surface area contributed by atoms with Gasteiger partial charge in [-0.3, -0.25) is 9.10 Å². The van der Waals surface area contributed by atoms with Gasteiger partial charge in [0.2, 0.25) is 15.9 Å². The van der Waals surface area contributed by atoms with Crippen molar-refractivity contribution in [1.82, 2.24) is 5.32 Å². The van der Waals surface area contributed by atoms with Gasteiger partial charge in [-0.1, -0.05) is 18.2 Å². The summed E-state index contributed by atoms with van der Waals surface area (Å²) < 4.78 is 44.8. The maximum atomic E-state index is 14.1. The van der Waals surface area contributed by atoms with Gasteiger partial charge in [0, 0.05) is 0 Å². The van der Waals surface area contributed by atoms with Crippen LogP contribution in [0, 0.1) is 19.7 Å². The second-order valence-electron chi connectivity index (χ2n) is 6.65. The Hall–Kier alpha value is -2.61. The van der Waals surface area contributed by atoms with Crippen molar-refractivity contribution < 1.29 is 22.3 Å². The van der Waals surface area contributed by atoms with Gasteiger partial charge in [-0.2, -0.15) is 0 Å². The van der Waals surface area contributed by atoms with Crippen LogP contribution in [0.1, 0.15) is 18.1 Å². The topological polar surface area (TPSA) is 75.7 Å². The smallest absolute Gasteiger partial charge is 0.243 e. The zero-order valence-electron chi connectivity index (χ0n) is 16.4. The van der Waals surface area contributed by atoms with Crippen LogP contribution in [0.2, 0.25) is 0 Å². The molecular formula is C20H25FN2O4S. The molecule has 2 aromatic rings. The number of hydrogen-bond acceptors (Lipinski definition) is 4. The third kappa shape index (κ3) is 5.69. The number of hydrogen-bond donors (Lipinski definition) is 1. The summed E-state index contributed by atoms with van der Waals surface area (Å²) in [5.74, 6) is -0.563. The number of aryl methyl sites for hydroxylation is 2. The molecule has 2 rings (SSSR count). The minimum atomic E-state index is -3.87. The third-order valence-electron chi connectivity index (χ3n) is 4.04. The van der Waals surface area contributed by atoms with Crippen LogP contribution in [0.5, 0.6) is 5.75 Å². The molecule has 0 aromatic heterocycles. The minimum Gasteiger partial charge on any atom is -0.492 e. The van der Waals surface area contributed by atoms with E-state index in [1.54, 1.807) is 0 Å². The highest BCUT2D eigenvalue weighted by Gasteiger charge is 2.30. The molecule has 28 heavy (non-hydrogen) atoms. The lowest BCUT2D eigenvalue weighted by Crippen LogP contribution is -2.48. The molecule has 0 heterocycles. The van der Waals surface area contributed by atoms with Crippen molar-refractivity contribution in [3.05, 3.63) is 59.4 Å². The van der Waals surface area contributed by atoms with Gasteiger partial charge in [0.25, 0.3) is 0 Å². The molecule has 1 N–H and O–H groups in total. The number of rotatable bonds is 8. The number of carbonyl (C=O) groups excluding carboxylic acids is 1. The lowest BCUT2D eigenvalue weighted by atomic mass is 10.1. The molecule has 0 bridgehead atoms. The van der Waals surface area contributed by atoms with Crippen molar-refractivity contribution in [2.24, 2.45) is 0 Å². The fourth-order valence-electron chi connectivity index (χ4n) is 2.92. The van der Waals surface area contributed by atoms with Crippen molar-refractivity contribution >= 4 is 21.6 Å². The van der Waals surface area contributed by atoms with E-state index < -0.39 is 27.8 Å². The Labute approximate surface area is 165 Å². The van der Waals surface area contributed by atoms with Crippen LogP contribution in [-0.4, -0.2) is 39.8 Å². The van der Waals surface area contributed by atoms with E-state index in [0.29, 0.717) is 5.75 Å². The third-order valence-corrected chi connectivity index (χ3v) is 5.27. The van der Waals surface area contributed by atoms with E-state index in [2.05, 4.69) is 5.32 Å². The van der Waals surface area contributed by atoms with Crippen molar-refractivity contribution in [1.29, 1.82) is 0 Å². The average molecular weight is 408 g/mol. The number of halogens is 1. The number of sulfonamides is 1. The van der Waals surface area contributed by atoms with E-state index in [9.17, 15) is 17.6 Å². The lowest BCUT2D eigenvalue weighted by Gasteiger charge is -2.28. The fourth-order valence-corrected chi connectivity index (χ4v) is 4.09. The van der Waals surface area contributed by atoms with E-state index in [1.807, 2.05) is 32.0 Å². The first-order valence-corrected chi connectivity index (χ1v) is 10.7. The van der Waals surface area contributed by atoms with Gasteiger partial charge in [-0.15, -0.1) is 0 Å². The maximum Gasteiger partial charge on any atom is 0.243 e. The molecule has 0 unspecified atom stereocenters. The summed E-state index contributed by atoms with van der Waals surface area (Å²) in [6, 6.07) is 10.1. The molecule has 1 amide bonds. The molecule has 0 saturated carbocycles. The molecular weight excluding hydrogens is 383 g/mol. The molecule has 6 nitrogen and oxygen atoms in total. The SMILES string of the molecule is Cc1cc(C)cc(OCCNC(=O)[C@H](C)N(c2ccccc2F)S(C)(=O)=O)c1. The number of benzene rings is 2. The van der Waals surface area contributed by atoms with Crippen molar-refractivity contribution in [2.45, 2.75) is 26.8 Å². The Morgan fingerprint density at radius 1 is 1.18 bits per heavy atom. The summed E-state index contributed by atoms with van der Waals surface area (Å²) in [6.07, 6.45) is 0.937. The van der Waals surface area contributed by atoms with Crippen molar-refractivity contribution in [3.8, 4) is 5.75 Å². The highest BCUT2D eigenvalue weighted by molar-refractivity contribution is 7.92. The maximum absolute atomic E-state index is 14.1. The predicted molar refractivity (Wildman–Crippen MR) is 108 cm³/mol. The Balaban J connectivity index is 2.00. The van der Waals surface area contributed by atoms with Crippen molar-refractivity contribution in [2.75, 3.05) is 23.7 Å². The summed E-state index contributed by atoms with van der Waals surface area (Å²) >= 11 is 0. The van der Waals surface area contributed by atoms with Crippen molar-refractivity contribution in [3.63, 3.8) is 0 Å². The van der Waals surface area contributed by atoms with Gasteiger partial charge in [-0.25, -0.2) is 12.8 Å². The molecule has 1 atom stereocenters. The summed E-state index contributed by atoms with van der Waals surface area (Å²) in [5, 5.41) is 2.63. The van der Waals surface area contributed by atoms with Crippen LogP contribution in [0.25, 0.3) is 0 Å². The van der Waals surface area contributed by atoms with Crippen LogP contribution in [0.4, 0.5) is 10.1 Å². The number of para-hydroxylation sites is 1. The second kappa shape index (κ2) is 9.05. The Kier molecular flexibility index (Phi) is 7.01. The van der Waals surface area contributed by atoms with E-state index in [4.69, 9.17) is 4.74 Å². The molecule has 0 radical (unpaired) electrons. The second-order valence-corrected chi connectivity index (χ2v) is 8.51. The fraction of sp³-hybridized carbons (Fsp3) is 0.350. The molecule has 2 aromatic carbocycles. The van der Waals surface area contributed by atoms with Gasteiger partial charge in [0.05, 0.1) is 18.5 Å². The van der Waals surface area contributed by atoms with Gasteiger partial charge in [0.15, 0.2) is 0 Å². The molecule has 152 valence electrons. The molecule has 0 aliphatic heterocycles. The van der Waals surface area contributed by atoms with E-state index in [1.165, 1.54) is 25.1 Å². The van der Waals surface area contributed by atoms with E-state index >= 15 is 0 Å². The quantitative estimate of drug-likeness (QED) is 0.682. The molecule has 8 heteroatoms. The average Bonchev–Trinajstić information content (AvgIpc) is 2.58. The van der Waals surface area contributed by atoms with Crippen LogP contribution < -0.4 is 14.4 Å². The monoisotopic (exact) mass is 408 g/mol. The molecule has 0 spiro atoms. The molecule has 0 fully saturated rings. The predicted octanol–water partition coefficient (Wildman–Crippen LogP) is 2.79. The zero-order valence-corrected chi connectivity index (χ0v) is 17.2. The Morgan fingerprint density at radius 3 is 2.36 bits per heavy atom. The standard InChI is InChI=1S/C20H25FN2O4S/c1-14-11-15(2)13-17(12-14)27-10-9-22-20(24)16(3)23(28(4,25)26)19-8-6-5-7-18(19)21/h5-8,11-13,16H,9-10H2,1-4H3,(H,22,24)/t16-/m0/s1. The molecule has 0 aliphatic carbocycles. The number of carbonyl (C=O) groups is 1. The highest BCUT2D eigenvalue weighted by atomic mass is 32.2. The number of nitrogens with one attached hydrogen (secondary N) is 1. The Bertz CT molecular complexity index is 927. The number of ether oxygens (including phenoxy) is 1. The largest absolute Gasteiger partial charge is 0.492 e. The summed E-state index contributed by atoms with van der Waals surface area (Å²) in [5.41, 5.74) is 1.97. The first-order chi connectivity index (χ1) is 13.1. The summed E-state index contributed by atoms with van der Waals surface area (Å²) in [6.45, 7) is 5.75. The first-order valence-electron chi connectivity index (χ1n) is 8.82. The summed E-state index contributed by atoms with van der Waals surface area (Å²) in [4.78, 5) is 12.4. The van der Waals surface area contributed by atoms with Gasteiger partial charge < -0.3 is 10.1 Å². The normalized spacial score (nSPS) is 12.3. The van der Waals surface area contributed by atoms with Crippen LogP contribution in [0.3, 0.4) is 0 Å². The highest BCUT2D eigenvalue weighted by Crippen LogP contribution is 2.24. The molecule has 0 aliphatic rings. The van der Waals surface area contributed by atoms with Gasteiger partial charge in [0.1, 0.15) is 24.2 Å². The van der Waals surface area contributed by atoms with E-state index in [0.717, 1.165) is 27.8 Å². The lowest BCUT2D eigenvalue weighted by molar-refractivity contribution is -0.121. The zero-order chi connectivity index (χ0) is 20.9. The van der Waals surface area contributed by atoms with Crippen LogP contribution >= 0.6 is 0 Å². The summed E-state index contributed by atoms with van der Waals surface area (Å²) in [7, 11) is -3.87. The first kappa shape index (κ1) is 21.7. The van der Waals surface area contributed by atoms with Gasteiger partial charge in [-0.05, 0) is 56.2 Å². The number of nitrogens with zero attached hydrogens (tertiary/aromatic N) is 1. The van der Waals surface area contributed by atoms with E-state index in [-0.39, 0.29) is 18.8 Å². The number of amides is 1. The number of anilines is 1. The minimum absolute atomic E-state index is 0.167.